The second kappa shape index (κ2) is 6.85. The molecule has 0 aromatic heterocycles. The summed E-state index contributed by atoms with van der Waals surface area (Å²) in [7, 11) is 0. The zero-order valence-electron chi connectivity index (χ0n) is 12.9. The minimum absolute atomic E-state index is 0.302. The average Bonchev–Trinajstić information content (AvgIpc) is 2.84. The third kappa shape index (κ3) is 5.02. The summed E-state index contributed by atoms with van der Waals surface area (Å²) in [5, 5.41) is 8.28. The quantitative estimate of drug-likeness (QED) is 0.621. The first-order valence-electron chi connectivity index (χ1n) is 7.65. The molecule has 0 spiro atoms. The Morgan fingerprint density at radius 1 is 1.50 bits per heavy atom. The summed E-state index contributed by atoms with van der Waals surface area (Å²) in [5.74, 6) is 0.702. The molecule has 2 aliphatic rings. The van der Waals surface area contributed by atoms with Crippen LogP contribution in [0.2, 0.25) is 0 Å². The van der Waals surface area contributed by atoms with Gasteiger partial charge in [0.05, 0.1) is 6.10 Å². The third-order valence-electron chi connectivity index (χ3n) is 4.00. The van der Waals surface area contributed by atoms with Crippen LogP contribution in [0.5, 0.6) is 0 Å². The Hall–Kier alpha value is -0.680. The molecule has 0 unspecified atom stereocenters. The zero-order chi connectivity index (χ0) is 14.6. The molecule has 1 heterocycles. The molecule has 1 saturated carbocycles. The van der Waals surface area contributed by atoms with Crippen molar-refractivity contribution in [3.8, 4) is 0 Å². The highest BCUT2D eigenvalue weighted by atomic mass is 32.1. The Morgan fingerprint density at radius 3 is 2.95 bits per heavy atom. The summed E-state index contributed by atoms with van der Waals surface area (Å²) in [4.78, 5) is 0. The Labute approximate surface area is 127 Å². The Bertz CT molecular complexity index is 375. The van der Waals surface area contributed by atoms with Gasteiger partial charge in [0.2, 0.25) is 0 Å². The minimum Gasteiger partial charge on any atom is -0.376 e. The van der Waals surface area contributed by atoms with Crippen LogP contribution in [0.1, 0.15) is 52.9 Å². The maximum atomic E-state index is 5.55. The SMILES string of the molecule is C[C@@H]1CC(=NNC(=S)NC[C@H]2CCCO2)CC(C)(C)C1. The number of rotatable bonds is 3. The van der Waals surface area contributed by atoms with Crippen molar-refractivity contribution in [3.63, 3.8) is 0 Å². The van der Waals surface area contributed by atoms with Gasteiger partial charge in [0, 0.05) is 18.9 Å². The molecule has 114 valence electrons. The van der Waals surface area contributed by atoms with Crippen molar-refractivity contribution in [1.29, 1.82) is 0 Å². The fraction of sp³-hybridized carbons (Fsp3) is 0.867. The Kier molecular flexibility index (Phi) is 5.38. The average molecular weight is 297 g/mol. The second-order valence-corrected chi connectivity index (χ2v) is 7.40. The van der Waals surface area contributed by atoms with Crippen LogP contribution in [0.4, 0.5) is 0 Å². The lowest BCUT2D eigenvalue weighted by Crippen LogP contribution is -2.38. The van der Waals surface area contributed by atoms with Gasteiger partial charge in [-0.3, -0.25) is 5.43 Å². The summed E-state index contributed by atoms with van der Waals surface area (Å²) in [6.07, 6.45) is 5.98. The molecular weight excluding hydrogens is 270 g/mol. The van der Waals surface area contributed by atoms with E-state index >= 15 is 0 Å². The highest BCUT2D eigenvalue weighted by molar-refractivity contribution is 7.80. The summed E-state index contributed by atoms with van der Waals surface area (Å²) >= 11 is 5.26. The molecule has 0 aromatic rings. The van der Waals surface area contributed by atoms with Crippen molar-refractivity contribution in [2.75, 3.05) is 13.2 Å². The number of hydrogen-bond acceptors (Lipinski definition) is 3. The van der Waals surface area contributed by atoms with Crippen LogP contribution in [0.3, 0.4) is 0 Å². The van der Waals surface area contributed by atoms with Crippen molar-refractivity contribution in [2.24, 2.45) is 16.4 Å². The predicted molar refractivity (Wildman–Crippen MR) is 86.9 cm³/mol. The maximum Gasteiger partial charge on any atom is 0.187 e. The van der Waals surface area contributed by atoms with Crippen LogP contribution in [0.25, 0.3) is 0 Å². The molecule has 2 atom stereocenters. The first kappa shape index (κ1) is 15.7. The molecule has 0 aromatic carbocycles. The number of nitrogens with one attached hydrogen (secondary N) is 2. The molecule has 20 heavy (non-hydrogen) atoms. The van der Waals surface area contributed by atoms with Crippen molar-refractivity contribution < 1.29 is 4.74 Å². The molecule has 2 fully saturated rings. The van der Waals surface area contributed by atoms with Crippen molar-refractivity contribution in [3.05, 3.63) is 0 Å². The van der Waals surface area contributed by atoms with Gasteiger partial charge in [0.15, 0.2) is 5.11 Å². The van der Waals surface area contributed by atoms with Gasteiger partial charge in [-0.1, -0.05) is 20.8 Å². The molecule has 5 heteroatoms. The summed E-state index contributed by atoms with van der Waals surface area (Å²) < 4.78 is 5.55. The largest absolute Gasteiger partial charge is 0.376 e. The molecule has 0 bridgehead atoms. The number of hydrazone groups is 1. The summed E-state index contributed by atoms with van der Waals surface area (Å²) in [6.45, 7) is 8.57. The topological polar surface area (TPSA) is 45.7 Å². The van der Waals surface area contributed by atoms with Crippen LogP contribution in [0, 0.1) is 11.3 Å². The van der Waals surface area contributed by atoms with E-state index in [-0.39, 0.29) is 0 Å². The van der Waals surface area contributed by atoms with E-state index < -0.39 is 0 Å². The second-order valence-electron chi connectivity index (χ2n) is 6.99. The first-order chi connectivity index (χ1) is 9.44. The lowest BCUT2D eigenvalue weighted by molar-refractivity contribution is 0.114. The van der Waals surface area contributed by atoms with Gasteiger partial charge in [0.25, 0.3) is 0 Å². The number of nitrogens with zero attached hydrogens (tertiary/aromatic N) is 1. The van der Waals surface area contributed by atoms with Gasteiger partial charge in [-0.2, -0.15) is 5.10 Å². The van der Waals surface area contributed by atoms with E-state index in [1.807, 2.05) is 0 Å². The van der Waals surface area contributed by atoms with Gasteiger partial charge >= 0.3 is 0 Å². The van der Waals surface area contributed by atoms with Crippen LogP contribution >= 0.6 is 12.2 Å². The van der Waals surface area contributed by atoms with Crippen molar-refractivity contribution in [1.82, 2.24) is 10.7 Å². The molecule has 1 aliphatic heterocycles. The van der Waals surface area contributed by atoms with Crippen LogP contribution in [-0.4, -0.2) is 30.1 Å². The number of thiocarbonyl (C=S) groups is 1. The van der Waals surface area contributed by atoms with Gasteiger partial charge in [-0.05, 0) is 55.7 Å². The fourth-order valence-corrected chi connectivity index (χ4v) is 3.51. The van der Waals surface area contributed by atoms with E-state index in [4.69, 9.17) is 17.0 Å². The van der Waals surface area contributed by atoms with E-state index in [0.29, 0.717) is 22.5 Å². The van der Waals surface area contributed by atoms with Gasteiger partial charge in [-0.25, -0.2) is 0 Å². The van der Waals surface area contributed by atoms with E-state index in [9.17, 15) is 0 Å². The standard InChI is InChI=1S/C15H27N3OS/c1-11-7-12(9-15(2,3)8-11)17-18-14(20)16-10-13-5-4-6-19-13/h11,13H,4-10H2,1-3H3,(H2,16,18,20)/t11-,13-/m1/s1. The van der Waals surface area contributed by atoms with E-state index in [0.717, 1.165) is 38.8 Å². The molecule has 0 radical (unpaired) electrons. The number of hydrogen-bond donors (Lipinski definition) is 2. The van der Waals surface area contributed by atoms with E-state index in [1.54, 1.807) is 0 Å². The maximum absolute atomic E-state index is 5.55. The normalized spacial score (nSPS) is 31.2. The summed E-state index contributed by atoms with van der Waals surface area (Å²) in [6, 6.07) is 0. The summed E-state index contributed by atoms with van der Waals surface area (Å²) in [5.41, 5.74) is 4.57. The van der Waals surface area contributed by atoms with E-state index in [2.05, 4.69) is 36.6 Å². The lowest BCUT2D eigenvalue weighted by Gasteiger charge is -2.34. The molecular formula is C15H27N3OS. The van der Waals surface area contributed by atoms with Crippen LogP contribution in [-0.2, 0) is 4.74 Å². The first-order valence-corrected chi connectivity index (χ1v) is 8.06. The van der Waals surface area contributed by atoms with Gasteiger partial charge in [-0.15, -0.1) is 0 Å². The van der Waals surface area contributed by atoms with Crippen LogP contribution in [0.15, 0.2) is 5.10 Å². The monoisotopic (exact) mass is 297 g/mol. The van der Waals surface area contributed by atoms with Crippen LogP contribution < -0.4 is 10.7 Å². The van der Waals surface area contributed by atoms with Crippen molar-refractivity contribution >= 4 is 23.0 Å². The fourth-order valence-electron chi connectivity index (χ4n) is 3.38. The predicted octanol–water partition coefficient (Wildman–Crippen LogP) is 2.83. The van der Waals surface area contributed by atoms with Gasteiger partial charge < -0.3 is 10.1 Å². The highest BCUT2D eigenvalue weighted by Gasteiger charge is 2.29. The van der Waals surface area contributed by atoms with Gasteiger partial charge in [0.1, 0.15) is 0 Å². The van der Waals surface area contributed by atoms with Crippen molar-refractivity contribution in [2.45, 2.75) is 59.0 Å². The lowest BCUT2D eigenvalue weighted by atomic mass is 9.72. The Morgan fingerprint density at radius 2 is 2.30 bits per heavy atom. The number of ether oxygens (including phenoxy) is 1. The molecule has 2 N–H and O–H groups in total. The molecule has 1 saturated heterocycles. The molecule has 1 aliphatic carbocycles. The van der Waals surface area contributed by atoms with E-state index in [1.165, 1.54) is 12.1 Å². The molecule has 4 nitrogen and oxygen atoms in total. The smallest absolute Gasteiger partial charge is 0.187 e. The molecule has 2 rings (SSSR count). The zero-order valence-corrected chi connectivity index (χ0v) is 13.7. The minimum atomic E-state index is 0.302. The third-order valence-corrected chi connectivity index (χ3v) is 4.23. The Balaban J connectivity index is 1.74. The molecule has 0 amide bonds. The highest BCUT2D eigenvalue weighted by Crippen LogP contribution is 2.36.